The first kappa shape index (κ1) is 12.9. The SMILES string of the molecule is OC(c1cc(Cl)sc1Cl)C1C2CC3CC(C2)CC1C3. The van der Waals surface area contributed by atoms with Crippen molar-refractivity contribution in [1.82, 2.24) is 0 Å². The van der Waals surface area contributed by atoms with Crippen LogP contribution in [0.3, 0.4) is 0 Å². The second-order valence-corrected chi connectivity index (χ2v) is 9.02. The Morgan fingerprint density at radius 3 is 2.11 bits per heavy atom. The van der Waals surface area contributed by atoms with Gasteiger partial charge < -0.3 is 5.11 Å². The topological polar surface area (TPSA) is 20.2 Å². The molecule has 4 aliphatic carbocycles. The molecule has 4 bridgehead atoms. The maximum atomic E-state index is 10.8. The van der Waals surface area contributed by atoms with Gasteiger partial charge in [-0.3, -0.25) is 0 Å². The van der Waals surface area contributed by atoms with Gasteiger partial charge in [-0.25, -0.2) is 0 Å². The lowest BCUT2D eigenvalue weighted by Crippen LogP contribution is -2.47. The Labute approximate surface area is 127 Å². The molecule has 4 saturated carbocycles. The molecular formula is C15H18Cl2OS. The van der Waals surface area contributed by atoms with Gasteiger partial charge in [-0.2, -0.15) is 0 Å². The molecule has 4 fully saturated rings. The van der Waals surface area contributed by atoms with Crippen molar-refractivity contribution in [2.75, 3.05) is 0 Å². The van der Waals surface area contributed by atoms with Gasteiger partial charge in [0.25, 0.3) is 0 Å². The van der Waals surface area contributed by atoms with Gasteiger partial charge in [-0.1, -0.05) is 23.2 Å². The lowest BCUT2D eigenvalue weighted by molar-refractivity contribution is -0.0906. The van der Waals surface area contributed by atoms with Crippen LogP contribution in [0.2, 0.25) is 8.67 Å². The second kappa shape index (κ2) is 4.62. The van der Waals surface area contributed by atoms with Crippen LogP contribution in [0.25, 0.3) is 0 Å². The highest BCUT2D eigenvalue weighted by Crippen LogP contribution is 2.60. The van der Waals surface area contributed by atoms with Crippen LogP contribution in [0.15, 0.2) is 6.07 Å². The molecule has 104 valence electrons. The Morgan fingerprint density at radius 2 is 1.63 bits per heavy atom. The van der Waals surface area contributed by atoms with E-state index in [0.717, 1.165) is 17.4 Å². The smallest absolute Gasteiger partial charge is 0.100 e. The highest BCUT2D eigenvalue weighted by atomic mass is 35.5. The second-order valence-electron chi connectivity index (χ2n) is 6.73. The van der Waals surface area contributed by atoms with Crippen LogP contribution >= 0.6 is 34.5 Å². The van der Waals surface area contributed by atoms with Crippen molar-refractivity contribution in [2.24, 2.45) is 29.6 Å². The van der Waals surface area contributed by atoms with Crippen LogP contribution in [-0.4, -0.2) is 5.11 Å². The zero-order valence-electron chi connectivity index (χ0n) is 10.7. The van der Waals surface area contributed by atoms with Crippen LogP contribution in [-0.2, 0) is 0 Å². The fourth-order valence-corrected chi connectivity index (χ4v) is 6.78. The van der Waals surface area contributed by atoms with Crippen LogP contribution in [0.4, 0.5) is 0 Å². The standard InChI is InChI=1S/C15H18Cl2OS/c16-12-6-11(15(17)19-12)14(18)13-9-2-7-1-8(4-9)5-10(13)3-7/h6-10,13-14,18H,1-5H2. The summed E-state index contributed by atoms with van der Waals surface area (Å²) in [7, 11) is 0. The molecule has 0 saturated heterocycles. The average Bonchev–Trinajstić information content (AvgIpc) is 2.66. The fraction of sp³-hybridized carbons (Fsp3) is 0.733. The van der Waals surface area contributed by atoms with E-state index < -0.39 is 6.10 Å². The number of rotatable bonds is 2. The number of aliphatic hydroxyl groups excluding tert-OH is 1. The molecule has 4 aliphatic rings. The average molecular weight is 317 g/mol. The Hall–Kier alpha value is 0.240. The summed E-state index contributed by atoms with van der Waals surface area (Å²) in [5.41, 5.74) is 0.870. The van der Waals surface area contributed by atoms with Crippen molar-refractivity contribution in [1.29, 1.82) is 0 Å². The molecule has 0 aromatic carbocycles. The Balaban J connectivity index is 1.63. The predicted octanol–water partition coefficient (Wildman–Crippen LogP) is 5.16. The lowest BCUT2D eigenvalue weighted by atomic mass is 9.50. The quantitative estimate of drug-likeness (QED) is 0.799. The minimum Gasteiger partial charge on any atom is -0.388 e. The summed E-state index contributed by atoms with van der Waals surface area (Å²) < 4.78 is 1.36. The molecular weight excluding hydrogens is 299 g/mol. The number of thiophene rings is 1. The Morgan fingerprint density at radius 1 is 1.05 bits per heavy atom. The largest absolute Gasteiger partial charge is 0.388 e. The Bertz CT molecular complexity index is 470. The van der Waals surface area contributed by atoms with Crippen molar-refractivity contribution < 1.29 is 5.11 Å². The summed E-state index contributed by atoms with van der Waals surface area (Å²) in [6.07, 6.45) is 6.33. The first-order valence-corrected chi connectivity index (χ1v) is 8.82. The van der Waals surface area contributed by atoms with Crippen molar-refractivity contribution in [3.8, 4) is 0 Å². The normalized spacial score (nSPS) is 41.7. The van der Waals surface area contributed by atoms with E-state index >= 15 is 0 Å². The predicted molar refractivity (Wildman–Crippen MR) is 79.8 cm³/mol. The molecule has 1 atom stereocenters. The Kier molecular flexibility index (Phi) is 3.15. The van der Waals surface area contributed by atoms with Gasteiger partial charge >= 0.3 is 0 Å². The molecule has 5 rings (SSSR count). The number of halogens is 2. The van der Waals surface area contributed by atoms with Crippen LogP contribution < -0.4 is 0 Å². The summed E-state index contributed by atoms with van der Waals surface area (Å²) in [6.45, 7) is 0. The van der Waals surface area contributed by atoms with Gasteiger partial charge in [-0.05, 0) is 67.8 Å². The maximum absolute atomic E-state index is 10.8. The first-order valence-electron chi connectivity index (χ1n) is 7.24. The highest BCUT2D eigenvalue weighted by Gasteiger charge is 2.50. The van der Waals surface area contributed by atoms with Crippen molar-refractivity contribution in [3.05, 3.63) is 20.3 Å². The van der Waals surface area contributed by atoms with Crippen LogP contribution in [0.1, 0.15) is 43.8 Å². The van der Waals surface area contributed by atoms with Gasteiger partial charge in [0.15, 0.2) is 0 Å². The highest BCUT2D eigenvalue weighted by molar-refractivity contribution is 7.20. The molecule has 1 unspecified atom stereocenters. The molecule has 0 radical (unpaired) electrons. The van der Waals surface area contributed by atoms with Crippen LogP contribution in [0, 0.1) is 29.6 Å². The van der Waals surface area contributed by atoms with E-state index in [9.17, 15) is 5.11 Å². The van der Waals surface area contributed by atoms with Gasteiger partial charge in [-0.15, -0.1) is 11.3 Å². The van der Waals surface area contributed by atoms with Gasteiger partial charge in [0.05, 0.1) is 10.4 Å². The third-order valence-corrected chi connectivity index (χ3v) is 7.18. The first-order chi connectivity index (χ1) is 9.11. The van der Waals surface area contributed by atoms with Crippen molar-refractivity contribution in [2.45, 2.75) is 38.2 Å². The molecule has 0 spiro atoms. The molecule has 4 heteroatoms. The minimum absolute atomic E-state index is 0.411. The lowest BCUT2D eigenvalue weighted by Gasteiger charge is -2.55. The van der Waals surface area contributed by atoms with E-state index in [1.807, 2.05) is 6.07 Å². The molecule has 19 heavy (non-hydrogen) atoms. The molecule has 1 nitrogen and oxygen atoms in total. The third kappa shape index (κ3) is 2.07. The molecule has 1 heterocycles. The number of hydrogen-bond acceptors (Lipinski definition) is 2. The summed E-state index contributed by atoms with van der Waals surface area (Å²) in [5.74, 6) is 3.71. The summed E-state index contributed by atoms with van der Waals surface area (Å²) in [6, 6.07) is 1.87. The third-order valence-electron chi connectivity index (χ3n) is 5.67. The number of hydrogen-bond donors (Lipinski definition) is 1. The minimum atomic E-state index is -0.411. The zero-order chi connectivity index (χ0) is 13.1. The van der Waals surface area contributed by atoms with Gasteiger partial charge in [0.2, 0.25) is 0 Å². The zero-order valence-corrected chi connectivity index (χ0v) is 13.0. The van der Waals surface area contributed by atoms with E-state index in [0.29, 0.717) is 26.4 Å². The molecule has 0 aliphatic heterocycles. The molecule has 0 amide bonds. The van der Waals surface area contributed by atoms with E-state index in [-0.39, 0.29) is 0 Å². The molecule has 1 N–H and O–H groups in total. The fourth-order valence-electron chi connectivity index (χ4n) is 5.24. The summed E-state index contributed by atoms with van der Waals surface area (Å²) >= 11 is 13.6. The maximum Gasteiger partial charge on any atom is 0.100 e. The van der Waals surface area contributed by atoms with E-state index in [4.69, 9.17) is 23.2 Å². The summed E-state index contributed by atoms with van der Waals surface area (Å²) in [5, 5.41) is 10.8. The molecule has 1 aromatic heterocycles. The van der Waals surface area contributed by atoms with Crippen molar-refractivity contribution >= 4 is 34.5 Å². The monoisotopic (exact) mass is 316 g/mol. The van der Waals surface area contributed by atoms with E-state index in [2.05, 4.69) is 0 Å². The van der Waals surface area contributed by atoms with Gasteiger partial charge in [0.1, 0.15) is 4.34 Å². The number of aliphatic hydroxyl groups is 1. The van der Waals surface area contributed by atoms with Crippen molar-refractivity contribution in [3.63, 3.8) is 0 Å². The molecule has 1 aromatic rings. The van der Waals surface area contributed by atoms with Crippen LogP contribution in [0.5, 0.6) is 0 Å². The van der Waals surface area contributed by atoms with E-state index in [1.165, 1.54) is 43.4 Å². The van der Waals surface area contributed by atoms with Gasteiger partial charge in [0, 0.05) is 5.56 Å². The summed E-state index contributed by atoms with van der Waals surface area (Å²) in [4.78, 5) is 0. The van der Waals surface area contributed by atoms with E-state index in [1.54, 1.807) is 0 Å².